The standard InChI is InChI=1S/C15H18N2O2S/c16-20(18,19)17-12-15(14-9-5-2-6-10-14)11-13-7-3-1-4-8-13/h1-10,15,17H,11-12H2,(H2,16,18,19). The van der Waals surface area contributed by atoms with Crippen LogP contribution >= 0.6 is 0 Å². The molecule has 0 aromatic heterocycles. The number of hydrogen-bond acceptors (Lipinski definition) is 2. The molecule has 0 saturated heterocycles. The van der Waals surface area contributed by atoms with Gasteiger partial charge in [-0.15, -0.1) is 0 Å². The topological polar surface area (TPSA) is 72.2 Å². The van der Waals surface area contributed by atoms with Gasteiger partial charge in [0, 0.05) is 12.5 Å². The second kappa shape index (κ2) is 6.65. The van der Waals surface area contributed by atoms with Gasteiger partial charge in [-0.2, -0.15) is 8.42 Å². The Hall–Kier alpha value is -1.69. The van der Waals surface area contributed by atoms with Gasteiger partial charge in [0.05, 0.1) is 0 Å². The fraction of sp³-hybridized carbons (Fsp3) is 0.200. The van der Waals surface area contributed by atoms with Crippen molar-refractivity contribution in [2.45, 2.75) is 12.3 Å². The molecular formula is C15H18N2O2S. The van der Waals surface area contributed by atoms with E-state index >= 15 is 0 Å². The maximum atomic E-state index is 11.1. The molecule has 2 aromatic carbocycles. The van der Waals surface area contributed by atoms with Crippen LogP contribution in [0.2, 0.25) is 0 Å². The molecule has 0 aliphatic rings. The molecule has 1 unspecified atom stereocenters. The van der Waals surface area contributed by atoms with E-state index in [2.05, 4.69) is 4.72 Å². The Bertz CT molecular complexity index is 627. The monoisotopic (exact) mass is 290 g/mol. The summed E-state index contributed by atoms with van der Waals surface area (Å²) in [7, 11) is -3.67. The van der Waals surface area contributed by atoms with Crippen molar-refractivity contribution in [3.05, 3.63) is 71.8 Å². The molecule has 3 N–H and O–H groups in total. The zero-order valence-corrected chi connectivity index (χ0v) is 11.9. The number of rotatable bonds is 6. The van der Waals surface area contributed by atoms with Crippen LogP contribution in [0.15, 0.2) is 60.7 Å². The summed E-state index contributed by atoms with van der Waals surface area (Å²) in [4.78, 5) is 0. The zero-order valence-electron chi connectivity index (χ0n) is 11.1. The number of nitrogens with one attached hydrogen (secondary N) is 1. The van der Waals surface area contributed by atoms with Crippen LogP contribution in [0.4, 0.5) is 0 Å². The Morgan fingerprint density at radius 1 is 0.950 bits per heavy atom. The SMILES string of the molecule is NS(=O)(=O)NCC(Cc1ccccc1)c1ccccc1. The van der Waals surface area contributed by atoms with Crippen LogP contribution in [0.1, 0.15) is 17.0 Å². The normalized spacial score (nSPS) is 13.1. The minimum Gasteiger partial charge on any atom is -0.216 e. The Morgan fingerprint density at radius 3 is 2.05 bits per heavy atom. The third-order valence-electron chi connectivity index (χ3n) is 3.13. The first-order valence-corrected chi connectivity index (χ1v) is 7.95. The fourth-order valence-corrected chi connectivity index (χ4v) is 2.58. The summed E-state index contributed by atoms with van der Waals surface area (Å²) in [5.41, 5.74) is 2.25. The van der Waals surface area contributed by atoms with Crippen molar-refractivity contribution in [1.29, 1.82) is 0 Å². The predicted octanol–water partition coefficient (Wildman–Crippen LogP) is 1.81. The first kappa shape index (κ1) is 14.7. The minimum atomic E-state index is -3.67. The smallest absolute Gasteiger partial charge is 0.216 e. The van der Waals surface area contributed by atoms with E-state index in [-0.39, 0.29) is 12.5 Å². The highest BCUT2D eigenvalue weighted by Crippen LogP contribution is 2.20. The highest BCUT2D eigenvalue weighted by Gasteiger charge is 2.14. The Morgan fingerprint density at radius 2 is 1.50 bits per heavy atom. The largest absolute Gasteiger partial charge is 0.274 e. The summed E-state index contributed by atoms with van der Waals surface area (Å²) in [5, 5.41) is 5.02. The van der Waals surface area contributed by atoms with Crippen LogP contribution in [0.5, 0.6) is 0 Å². The van der Waals surface area contributed by atoms with Crippen molar-refractivity contribution < 1.29 is 8.42 Å². The van der Waals surface area contributed by atoms with Crippen LogP contribution in [-0.2, 0) is 16.6 Å². The molecule has 5 heteroatoms. The quantitative estimate of drug-likeness (QED) is 0.851. The van der Waals surface area contributed by atoms with Crippen molar-refractivity contribution in [2.75, 3.05) is 6.54 Å². The Kier molecular flexibility index (Phi) is 4.89. The van der Waals surface area contributed by atoms with Crippen LogP contribution in [0.3, 0.4) is 0 Å². The lowest BCUT2D eigenvalue weighted by molar-refractivity contribution is 0.570. The maximum Gasteiger partial charge on any atom is 0.274 e. The van der Waals surface area contributed by atoms with Gasteiger partial charge >= 0.3 is 0 Å². The fourth-order valence-electron chi connectivity index (χ4n) is 2.15. The Balaban J connectivity index is 2.16. The molecule has 2 aromatic rings. The van der Waals surface area contributed by atoms with E-state index in [0.717, 1.165) is 17.5 Å². The molecule has 0 aliphatic heterocycles. The maximum absolute atomic E-state index is 11.1. The van der Waals surface area contributed by atoms with Crippen molar-refractivity contribution in [3.63, 3.8) is 0 Å². The van der Waals surface area contributed by atoms with Gasteiger partial charge < -0.3 is 0 Å². The average Bonchev–Trinajstić information content (AvgIpc) is 2.44. The van der Waals surface area contributed by atoms with E-state index in [4.69, 9.17) is 5.14 Å². The molecule has 0 bridgehead atoms. The first-order chi connectivity index (χ1) is 9.54. The molecule has 0 aliphatic carbocycles. The number of benzene rings is 2. The van der Waals surface area contributed by atoms with Crippen molar-refractivity contribution >= 4 is 10.2 Å². The van der Waals surface area contributed by atoms with Crippen LogP contribution in [0, 0.1) is 0 Å². The van der Waals surface area contributed by atoms with Gasteiger partial charge in [-0.05, 0) is 17.5 Å². The summed E-state index contributed by atoms with van der Waals surface area (Å²) in [5.74, 6) is 0.0527. The molecule has 4 nitrogen and oxygen atoms in total. The summed E-state index contributed by atoms with van der Waals surface area (Å²) < 4.78 is 24.6. The lowest BCUT2D eigenvalue weighted by Gasteiger charge is -2.17. The molecule has 0 saturated carbocycles. The van der Waals surface area contributed by atoms with Gasteiger partial charge in [-0.25, -0.2) is 9.86 Å². The summed E-state index contributed by atoms with van der Waals surface area (Å²) in [6.07, 6.45) is 0.757. The van der Waals surface area contributed by atoms with Gasteiger partial charge in [0.2, 0.25) is 0 Å². The summed E-state index contributed by atoms with van der Waals surface area (Å²) in [6, 6.07) is 19.8. The number of nitrogens with two attached hydrogens (primary N) is 1. The third-order valence-corrected chi connectivity index (χ3v) is 3.70. The second-order valence-electron chi connectivity index (χ2n) is 4.69. The molecule has 106 valence electrons. The van der Waals surface area contributed by atoms with Crippen LogP contribution < -0.4 is 9.86 Å². The minimum absolute atomic E-state index is 0.0527. The molecule has 0 spiro atoms. The van der Waals surface area contributed by atoms with Gasteiger partial charge in [-0.3, -0.25) is 0 Å². The van der Waals surface area contributed by atoms with Gasteiger partial charge in [0.1, 0.15) is 0 Å². The molecule has 0 radical (unpaired) electrons. The molecular weight excluding hydrogens is 272 g/mol. The van der Waals surface area contributed by atoms with Crippen molar-refractivity contribution in [2.24, 2.45) is 5.14 Å². The van der Waals surface area contributed by atoms with E-state index in [9.17, 15) is 8.42 Å². The van der Waals surface area contributed by atoms with E-state index < -0.39 is 10.2 Å². The van der Waals surface area contributed by atoms with E-state index in [1.54, 1.807) is 0 Å². The van der Waals surface area contributed by atoms with Crippen LogP contribution in [-0.4, -0.2) is 15.0 Å². The molecule has 1 atom stereocenters. The lowest BCUT2D eigenvalue weighted by atomic mass is 9.92. The summed E-state index contributed by atoms with van der Waals surface area (Å²) in [6.45, 7) is 0.289. The first-order valence-electron chi connectivity index (χ1n) is 6.41. The van der Waals surface area contributed by atoms with Gasteiger partial charge in [-0.1, -0.05) is 60.7 Å². The third kappa shape index (κ3) is 4.77. The van der Waals surface area contributed by atoms with Crippen molar-refractivity contribution in [3.8, 4) is 0 Å². The number of hydrogen-bond donors (Lipinski definition) is 2. The molecule has 0 amide bonds. The van der Waals surface area contributed by atoms with E-state index in [0.29, 0.717) is 0 Å². The average molecular weight is 290 g/mol. The van der Waals surface area contributed by atoms with Crippen LogP contribution in [0.25, 0.3) is 0 Å². The van der Waals surface area contributed by atoms with E-state index in [1.165, 1.54) is 0 Å². The lowest BCUT2D eigenvalue weighted by Crippen LogP contribution is -2.34. The second-order valence-corrected chi connectivity index (χ2v) is 6.07. The Labute approximate surface area is 119 Å². The van der Waals surface area contributed by atoms with E-state index in [1.807, 2.05) is 60.7 Å². The highest BCUT2D eigenvalue weighted by molar-refractivity contribution is 7.87. The molecule has 20 heavy (non-hydrogen) atoms. The van der Waals surface area contributed by atoms with Crippen molar-refractivity contribution in [1.82, 2.24) is 4.72 Å². The molecule has 0 heterocycles. The van der Waals surface area contributed by atoms with Gasteiger partial charge in [0.15, 0.2) is 0 Å². The predicted molar refractivity (Wildman–Crippen MR) is 80.4 cm³/mol. The zero-order chi connectivity index (χ0) is 14.4. The summed E-state index contributed by atoms with van der Waals surface area (Å²) >= 11 is 0. The highest BCUT2D eigenvalue weighted by atomic mass is 32.2. The molecule has 0 fully saturated rings. The van der Waals surface area contributed by atoms with Gasteiger partial charge in [0.25, 0.3) is 10.2 Å². The molecule has 2 rings (SSSR count).